The van der Waals surface area contributed by atoms with Gasteiger partial charge in [-0.25, -0.2) is 0 Å². The summed E-state index contributed by atoms with van der Waals surface area (Å²) in [5.74, 6) is 0.00674. The predicted molar refractivity (Wildman–Crippen MR) is 123 cm³/mol. The molecule has 0 aromatic rings. The highest BCUT2D eigenvalue weighted by molar-refractivity contribution is 6.75. The second-order valence-electron chi connectivity index (χ2n) is 9.22. The lowest BCUT2D eigenvalue weighted by atomic mass is 10.1. The van der Waals surface area contributed by atoms with E-state index in [-0.39, 0.29) is 11.0 Å². The Kier molecular flexibility index (Phi) is 14.7. The molecule has 0 saturated heterocycles. The summed E-state index contributed by atoms with van der Waals surface area (Å²) in [5.41, 5.74) is 0. The fourth-order valence-corrected chi connectivity index (χ4v) is 3.55. The smallest absolute Gasteiger partial charge is 0.292 e. The van der Waals surface area contributed by atoms with Crippen LogP contribution < -0.4 is 0 Å². The number of carbonyl (C=O) groups is 1. The molecule has 0 unspecified atom stereocenters. The number of hydrogen-bond acceptors (Lipinski definition) is 2. The number of rotatable bonds is 15. The van der Waals surface area contributed by atoms with Crippen molar-refractivity contribution in [2.24, 2.45) is 0 Å². The molecule has 0 aliphatic carbocycles. The van der Waals surface area contributed by atoms with Crippen LogP contribution in [0.15, 0.2) is 24.3 Å². The lowest BCUT2D eigenvalue weighted by Crippen LogP contribution is -2.42. The van der Waals surface area contributed by atoms with Gasteiger partial charge in [0.25, 0.3) is 14.3 Å². The van der Waals surface area contributed by atoms with Crippen LogP contribution >= 0.6 is 0 Å². The van der Waals surface area contributed by atoms with Crippen LogP contribution in [0.3, 0.4) is 0 Å². The number of carbonyl (C=O) groups excluding carboxylic acids is 1. The Morgan fingerprint density at radius 1 is 0.815 bits per heavy atom. The van der Waals surface area contributed by atoms with Crippen LogP contribution in [0.5, 0.6) is 0 Å². The minimum Gasteiger partial charge on any atom is -0.519 e. The van der Waals surface area contributed by atoms with Crippen molar-refractivity contribution in [3.05, 3.63) is 24.3 Å². The molecule has 0 N–H and O–H groups in total. The molecule has 0 rings (SSSR count). The average Bonchev–Trinajstić information content (AvgIpc) is 2.57. The van der Waals surface area contributed by atoms with E-state index in [0.717, 1.165) is 19.3 Å². The molecule has 2 nitrogen and oxygen atoms in total. The first-order valence-corrected chi connectivity index (χ1v) is 14.1. The van der Waals surface area contributed by atoms with Crippen molar-refractivity contribution < 1.29 is 9.22 Å². The molecule has 158 valence electrons. The first-order chi connectivity index (χ1) is 12.7. The van der Waals surface area contributed by atoms with Crippen molar-refractivity contribution in [2.45, 2.75) is 123 Å². The lowest BCUT2D eigenvalue weighted by molar-refractivity contribution is -0.135. The van der Waals surface area contributed by atoms with Gasteiger partial charge in [-0.1, -0.05) is 84.1 Å². The lowest BCUT2D eigenvalue weighted by Gasteiger charge is -2.35. The van der Waals surface area contributed by atoms with E-state index in [0.29, 0.717) is 6.42 Å². The van der Waals surface area contributed by atoms with Crippen molar-refractivity contribution >= 4 is 14.3 Å². The molecule has 0 aromatic heterocycles. The van der Waals surface area contributed by atoms with E-state index in [4.69, 9.17) is 4.43 Å². The Balaban J connectivity index is 3.54. The van der Waals surface area contributed by atoms with Crippen LogP contribution in [0.1, 0.15) is 105 Å². The van der Waals surface area contributed by atoms with Crippen LogP contribution in [0.2, 0.25) is 18.1 Å². The molecule has 27 heavy (non-hydrogen) atoms. The molecule has 0 aliphatic heterocycles. The molecule has 0 saturated carbocycles. The molecule has 0 atom stereocenters. The molecule has 0 amide bonds. The van der Waals surface area contributed by atoms with Crippen molar-refractivity contribution in [2.75, 3.05) is 0 Å². The fourth-order valence-electron chi connectivity index (χ4n) is 2.57. The highest BCUT2D eigenvalue weighted by Gasteiger charge is 2.40. The summed E-state index contributed by atoms with van der Waals surface area (Å²) < 4.78 is 5.81. The second-order valence-corrected chi connectivity index (χ2v) is 13.9. The quantitative estimate of drug-likeness (QED) is 0.158. The van der Waals surface area contributed by atoms with Gasteiger partial charge >= 0.3 is 0 Å². The fraction of sp³-hybridized carbons (Fsp3) is 0.792. The SMILES string of the molecule is CCCCC/C=C/C/C=C/CCCCCCCC(=O)O[Si](C)(C)C(C)(C)C. The molecular formula is C24H46O2Si. The highest BCUT2D eigenvalue weighted by atomic mass is 28.4. The Bertz CT molecular complexity index is 430. The Hall–Kier alpha value is -0.833. The topological polar surface area (TPSA) is 26.3 Å². The van der Waals surface area contributed by atoms with Gasteiger partial charge in [-0.15, -0.1) is 0 Å². The van der Waals surface area contributed by atoms with E-state index in [2.05, 4.69) is 65.1 Å². The highest BCUT2D eigenvalue weighted by Crippen LogP contribution is 2.36. The van der Waals surface area contributed by atoms with Gasteiger partial charge in [-0.3, -0.25) is 4.79 Å². The van der Waals surface area contributed by atoms with Gasteiger partial charge in [0.1, 0.15) is 0 Å². The van der Waals surface area contributed by atoms with Crippen molar-refractivity contribution in [1.29, 1.82) is 0 Å². The monoisotopic (exact) mass is 394 g/mol. The van der Waals surface area contributed by atoms with Gasteiger partial charge in [0.2, 0.25) is 0 Å². The zero-order valence-electron chi connectivity index (χ0n) is 19.1. The van der Waals surface area contributed by atoms with Crippen LogP contribution in [-0.4, -0.2) is 14.3 Å². The van der Waals surface area contributed by atoms with Gasteiger partial charge in [-0.05, 0) is 56.7 Å². The summed E-state index contributed by atoms with van der Waals surface area (Å²) >= 11 is 0. The number of hydrogen-bond donors (Lipinski definition) is 0. The maximum absolute atomic E-state index is 12.0. The Morgan fingerprint density at radius 2 is 1.33 bits per heavy atom. The van der Waals surface area contributed by atoms with Crippen LogP contribution in [-0.2, 0) is 9.22 Å². The number of unbranched alkanes of at least 4 members (excludes halogenated alkanes) is 8. The van der Waals surface area contributed by atoms with Crippen molar-refractivity contribution in [3.8, 4) is 0 Å². The molecular weight excluding hydrogens is 348 g/mol. The first-order valence-electron chi connectivity index (χ1n) is 11.2. The average molecular weight is 395 g/mol. The van der Waals surface area contributed by atoms with Crippen LogP contribution in [0.25, 0.3) is 0 Å². The standard InChI is InChI=1S/C24H46O2Si/c1-7-8-9-10-11-12-13-14-15-16-17-18-19-20-21-22-23(25)26-27(5,6)24(2,3)4/h11-12,14-15H,7-10,13,16-22H2,1-6H3/b12-11+,15-14+. The predicted octanol–water partition coefficient (Wildman–Crippen LogP) is 8.35. The van der Waals surface area contributed by atoms with Gasteiger partial charge in [0, 0.05) is 6.42 Å². The normalized spacial score (nSPS) is 13.0. The third-order valence-corrected chi connectivity index (χ3v) is 9.86. The molecule has 0 aromatic carbocycles. The zero-order chi connectivity index (χ0) is 20.6. The molecule has 0 fully saturated rings. The zero-order valence-corrected chi connectivity index (χ0v) is 20.1. The largest absolute Gasteiger partial charge is 0.519 e. The molecule has 0 heterocycles. The van der Waals surface area contributed by atoms with E-state index in [1.54, 1.807) is 0 Å². The van der Waals surface area contributed by atoms with E-state index in [1.807, 2.05) is 0 Å². The first kappa shape index (κ1) is 26.2. The Morgan fingerprint density at radius 3 is 1.89 bits per heavy atom. The number of allylic oxidation sites excluding steroid dienone is 4. The maximum atomic E-state index is 12.0. The molecule has 0 radical (unpaired) electrons. The summed E-state index contributed by atoms with van der Waals surface area (Å²) in [7, 11) is -1.94. The molecule has 0 bridgehead atoms. The summed E-state index contributed by atoms with van der Waals surface area (Å²) in [4.78, 5) is 12.0. The van der Waals surface area contributed by atoms with E-state index in [1.165, 1.54) is 51.4 Å². The van der Waals surface area contributed by atoms with Crippen LogP contribution in [0.4, 0.5) is 0 Å². The Labute approximate surface area is 171 Å². The van der Waals surface area contributed by atoms with E-state index in [9.17, 15) is 4.79 Å². The third-order valence-electron chi connectivity index (χ3n) is 5.51. The summed E-state index contributed by atoms with van der Waals surface area (Å²) in [6, 6.07) is 0. The van der Waals surface area contributed by atoms with E-state index < -0.39 is 8.32 Å². The van der Waals surface area contributed by atoms with Gasteiger partial charge in [0.05, 0.1) is 0 Å². The van der Waals surface area contributed by atoms with E-state index >= 15 is 0 Å². The van der Waals surface area contributed by atoms with Crippen LogP contribution in [0, 0.1) is 0 Å². The minimum atomic E-state index is -1.94. The van der Waals surface area contributed by atoms with Crippen molar-refractivity contribution in [1.82, 2.24) is 0 Å². The maximum Gasteiger partial charge on any atom is 0.292 e. The third kappa shape index (κ3) is 14.8. The molecule has 3 heteroatoms. The van der Waals surface area contributed by atoms with Crippen molar-refractivity contribution in [3.63, 3.8) is 0 Å². The summed E-state index contributed by atoms with van der Waals surface area (Å²) in [5, 5.41) is 0.0982. The van der Waals surface area contributed by atoms with Gasteiger partial charge < -0.3 is 4.43 Å². The summed E-state index contributed by atoms with van der Waals surface area (Å²) in [6.45, 7) is 13.0. The molecule has 0 spiro atoms. The minimum absolute atomic E-state index is 0.00674. The summed E-state index contributed by atoms with van der Waals surface area (Å²) in [6.07, 6.45) is 23.1. The molecule has 0 aliphatic rings. The van der Waals surface area contributed by atoms with Gasteiger partial charge in [-0.2, -0.15) is 0 Å². The second kappa shape index (κ2) is 15.1. The van der Waals surface area contributed by atoms with Gasteiger partial charge in [0.15, 0.2) is 0 Å².